The first-order chi connectivity index (χ1) is 25.2. The molecule has 2 aliphatic heterocycles. The summed E-state index contributed by atoms with van der Waals surface area (Å²) in [6.07, 6.45) is 0. The lowest BCUT2D eigenvalue weighted by atomic mass is 9.34. The molecule has 3 nitrogen and oxygen atoms in total. The molecule has 0 radical (unpaired) electrons. The maximum absolute atomic E-state index is 7.04. The van der Waals surface area contributed by atoms with E-state index in [0.29, 0.717) is 0 Å². The largest absolute Gasteiger partial charge is 0.458 e. The minimum Gasteiger partial charge on any atom is -0.458 e. The second-order valence-electron chi connectivity index (χ2n) is 17.9. The zero-order valence-corrected chi connectivity index (χ0v) is 33.0. The van der Waals surface area contributed by atoms with E-state index in [4.69, 9.17) is 9.47 Å². The van der Waals surface area contributed by atoms with Crippen molar-refractivity contribution in [3.05, 3.63) is 132 Å². The van der Waals surface area contributed by atoms with Crippen molar-refractivity contribution < 1.29 is 9.47 Å². The normalized spacial score (nSPS) is 13.6. The summed E-state index contributed by atoms with van der Waals surface area (Å²) in [4.78, 5) is 2.47. The average molecular weight is 712 g/mol. The molecule has 3 heterocycles. The third-order valence-corrected chi connectivity index (χ3v) is 12.3. The van der Waals surface area contributed by atoms with E-state index in [0.717, 1.165) is 55.7 Å². The van der Waals surface area contributed by atoms with Crippen molar-refractivity contribution in [2.45, 2.75) is 78.6 Å². The van der Waals surface area contributed by atoms with Gasteiger partial charge in [0.15, 0.2) is 0 Å². The van der Waals surface area contributed by atoms with E-state index in [1.54, 1.807) is 0 Å². The third kappa shape index (κ3) is 5.55. The van der Waals surface area contributed by atoms with Crippen LogP contribution in [0, 0.1) is 0 Å². The number of hydrogen-bond acceptors (Lipinski definition) is 4. The fourth-order valence-corrected chi connectivity index (χ4v) is 9.26. The Morgan fingerprint density at radius 1 is 0.528 bits per heavy atom. The summed E-state index contributed by atoms with van der Waals surface area (Å²) in [6, 6.07) is 42.6. The minimum atomic E-state index is -0.0576. The summed E-state index contributed by atoms with van der Waals surface area (Å²) in [6.45, 7) is 20.4. The molecular weight excluding hydrogens is 665 g/mol. The smallest absolute Gasteiger partial charge is 0.260 e. The number of fused-ring (bicyclic) bond motifs is 8. The zero-order valence-electron chi connectivity index (χ0n) is 32.2. The summed E-state index contributed by atoms with van der Waals surface area (Å²) in [5, 5.41) is 2.44. The number of thiophene rings is 1. The van der Waals surface area contributed by atoms with E-state index in [-0.39, 0.29) is 23.0 Å². The van der Waals surface area contributed by atoms with Gasteiger partial charge in [0.2, 0.25) is 0 Å². The zero-order chi connectivity index (χ0) is 37.0. The van der Waals surface area contributed by atoms with Crippen molar-refractivity contribution >= 4 is 71.7 Å². The fourth-order valence-electron chi connectivity index (χ4n) is 8.05. The Hall–Kier alpha value is -5.00. The first kappa shape index (κ1) is 33.8. The highest BCUT2D eigenvalue weighted by molar-refractivity contribution is 7.26. The third-order valence-electron chi connectivity index (χ3n) is 11.1. The van der Waals surface area contributed by atoms with Crippen molar-refractivity contribution in [1.29, 1.82) is 0 Å². The maximum atomic E-state index is 7.04. The van der Waals surface area contributed by atoms with Crippen molar-refractivity contribution in [3.8, 4) is 23.0 Å². The van der Waals surface area contributed by atoms with E-state index in [1.165, 1.54) is 37.6 Å². The first-order valence-electron chi connectivity index (χ1n) is 18.8. The lowest BCUT2D eigenvalue weighted by Crippen LogP contribution is -2.57. The molecule has 0 saturated carbocycles. The molecule has 0 aliphatic carbocycles. The van der Waals surface area contributed by atoms with E-state index < -0.39 is 0 Å². The van der Waals surface area contributed by atoms with Crippen LogP contribution in [0.15, 0.2) is 115 Å². The summed E-state index contributed by atoms with van der Waals surface area (Å²) < 4.78 is 16.1. The van der Waals surface area contributed by atoms with E-state index in [1.807, 2.05) is 17.4 Å². The highest BCUT2D eigenvalue weighted by atomic mass is 32.1. The van der Waals surface area contributed by atoms with Crippen molar-refractivity contribution in [1.82, 2.24) is 0 Å². The average Bonchev–Trinajstić information content (AvgIpc) is 3.51. The van der Waals surface area contributed by atoms with Gasteiger partial charge >= 0.3 is 0 Å². The molecule has 0 N–H and O–H groups in total. The maximum Gasteiger partial charge on any atom is 0.260 e. The Labute approximate surface area is 318 Å². The Balaban J connectivity index is 1.37. The molecule has 0 unspecified atom stereocenters. The molecule has 0 spiro atoms. The molecule has 7 aromatic rings. The van der Waals surface area contributed by atoms with Gasteiger partial charge in [0.25, 0.3) is 6.71 Å². The molecule has 0 bridgehead atoms. The van der Waals surface area contributed by atoms with E-state index in [2.05, 4.69) is 176 Å². The summed E-state index contributed by atoms with van der Waals surface area (Å²) in [5.74, 6) is 3.58. The standard InChI is InChI=1S/C48H46BNO2S/c1-46(2,3)29-17-22-32(23-18-29)50(33-24-19-30(20-25-33)47(4,5)6)37-28-36-44(45-42(37)34-13-10-11-16-41(34)53-45)52-40-15-12-14-39-43(40)49(36)35-27-31(48(7,8)9)21-26-38(35)51-39/h10-28H,1-9H3. The van der Waals surface area contributed by atoms with Crippen molar-refractivity contribution in [2.24, 2.45) is 0 Å². The second-order valence-corrected chi connectivity index (χ2v) is 18.9. The molecular formula is C48H46BNO2S. The molecule has 0 atom stereocenters. The first-order valence-corrected chi connectivity index (χ1v) is 19.6. The van der Waals surface area contributed by atoms with Gasteiger partial charge in [-0.15, -0.1) is 11.3 Å². The predicted octanol–water partition coefficient (Wildman–Crippen LogP) is 12.1. The van der Waals surface area contributed by atoms with Crippen LogP contribution in [0.5, 0.6) is 23.0 Å². The number of rotatable bonds is 3. The van der Waals surface area contributed by atoms with Gasteiger partial charge in [-0.1, -0.05) is 123 Å². The van der Waals surface area contributed by atoms with E-state index >= 15 is 0 Å². The quantitative estimate of drug-likeness (QED) is 0.170. The highest BCUT2D eigenvalue weighted by Crippen LogP contribution is 2.50. The molecule has 53 heavy (non-hydrogen) atoms. The van der Waals surface area contributed by atoms with Gasteiger partial charge < -0.3 is 14.4 Å². The van der Waals surface area contributed by atoms with Gasteiger partial charge in [0.1, 0.15) is 23.0 Å². The molecule has 0 fully saturated rings. The van der Waals surface area contributed by atoms with Crippen LogP contribution in [-0.2, 0) is 16.2 Å². The molecule has 2 aliphatic rings. The van der Waals surface area contributed by atoms with Crippen LogP contribution in [-0.4, -0.2) is 6.71 Å². The predicted molar refractivity (Wildman–Crippen MR) is 228 cm³/mol. The van der Waals surface area contributed by atoms with E-state index in [9.17, 15) is 0 Å². The Bertz CT molecular complexity index is 2510. The molecule has 9 rings (SSSR count). The molecule has 6 aromatic carbocycles. The second kappa shape index (κ2) is 11.8. The van der Waals surface area contributed by atoms with Gasteiger partial charge in [-0.25, -0.2) is 0 Å². The molecule has 1 aromatic heterocycles. The van der Waals surface area contributed by atoms with Crippen LogP contribution in [0.1, 0.15) is 79.0 Å². The van der Waals surface area contributed by atoms with Crippen LogP contribution in [0.4, 0.5) is 17.1 Å². The lowest BCUT2D eigenvalue weighted by molar-refractivity contribution is 0.467. The van der Waals surface area contributed by atoms with Crippen LogP contribution in [0.25, 0.3) is 20.2 Å². The lowest BCUT2D eigenvalue weighted by Gasteiger charge is -2.35. The number of ether oxygens (including phenoxy) is 2. The summed E-state index contributed by atoms with van der Waals surface area (Å²) in [7, 11) is 0. The molecule has 264 valence electrons. The van der Waals surface area contributed by atoms with Crippen molar-refractivity contribution in [2.75, 3.05) is 4.90 Å². The van der Waals surface area contributed by atoms with Crippen molar-refractivity contribution in [3.63, 3.8) is 0 Å². The summed E-state index contributed by atoms with van der Waals surface area (Å²) in [5.41, 5.74) is 10.8. The van der Waals surface area contributed by atoms with Gasteiger partial charge in [0, 0.05) is 32.3 Å². The topological polar surface area (TPSA) is 21.7 Å². The number of benzene rings is 6. The number of hydrogen-bond donors (Lipinski definition) is 0. The van der Waals surface area contributed by atoms with Crippen LogP contribution in [0.3, 0.4) is 0 Å². The molecule has 0 amide bonds. The van der Waals surface area contributed by atoms with Gasteiger partial charge in [0.05, 0.1) is 10.4 Å². The van der Waals surface area contributed by atoms with Gasteiger partial charge in [-0.05, 0) is 98.5 Å². The van der Waals surface area contributed by atoms with Crippen LogP contribution < -0.4 is 30.8 Å². The van der Waals surface area contributed by atoms with Gasteiger partial charge in [-0.2, -0.15) is 0 Å². The van der Waals surface area contributed by atoms with Crippen LogP contribution >= 0.6 is 11.3 Å². The number of anilines is 3. The highest BCUT2D eigenvalue weighted by Gasteiger charge is 2.42. The minimum absolute atomic E-state index is 0.0152. The fraction of sp³-hybridized carbons (Fsp3) is 0.250. The SMILES string of the molecule is CC(C)(C)c1ccc(N(c2ccc(C(C)(C)C)cc2)c2cc3c(c4sc5ccccc5c24)Oc2cccc4c2B3c2cc(C(C)(C)C)ccc2O4)cc1. The molecule has 5 heteroatoms. The Kier molecular flexibility index (Phi) is 7.50. The summed E-state index contributed by atoms with van der Waals surface area (Å²) >= 11 is 1.83. The Morgan fingerprint density at radius 3 is 1.70 bits per heavy atom. The van der Waals surface area contributed by atoms with Crippen LogP contribution in [0.2, 0.25) is 0 Å². The number of nitrogens with zero attached hydrogens (tertiary/aromatic N) is 1. The molecule has 0 saturated heterocycles. The Morgan fingerprint density at radius 2 is 1.09 bits per heavy atom. The monoisotopic (exact) mass is 711 g/mol. The van der Waals surface area contributed by atoms with Gasteiger partial charge in [-0.3, -0.25) is 0 Å².